The number of aryl methyl sites for hydroxylation is 1. The molecule has 1 saturated heterocycles. The fourth-order valence-electron chi connectivity index (χ4n) is 2.57. The van der Waals surface area contributed by atoms with Gasteiger partial charge in [-0.15, -0.1) is 0 Å². The molecule has 0 bridgehead atoms. The van der Waals surface area contributed by atoms with Gasteiger partial charge in [-0.3, -0.25) is 0 Å². The Morgan fingerprint density at radius 2 is 1.95 bits per heavy atom. The molecule has 0 spiro atoms. The average molecular weight is 275 g/mol. The van der Waals surface area contributed by atoms with Crippen LogP contribution in [0.2, 0.25) is 0 Å². The predicted octanol–water partition coefficient (Wildman–Crippen LogP) is 2.81. The maximum Gasteiger partial charge on any atom is 0.257 e. The summed E-state index contributed by atoms with van der Waals surface area (Å²) in [7, 11) is 0. The Bertz CT molecular complexity index is 547. The molecule has 0 unspecified atom stereocenters. The molecule has 0 saturated carbocycles. The largest absolute Gasteiger partial charge is 0.334 e. The van der Waals surface area contributed by atoms with Crippen molar-refractivity contribution in [2.75, 3.05) is 13.1 Å². The van der Waals surface area contributed by atoms with Crippen LogP contribution in [0.5, 0.6) is 0 Å². The van der Waals surface area contributed by atoms with Crippen LogP contribution in [-0.2, 0) is 6.42 Å². The molecule has 2 aromatic rings. The molecule has 1 aliphatic rings. The van der Waals surface area contributed by atoms with E-state index in [2.05, 4.69) is 15.5 Å². The summed E-state index contributed by atoms with van der Waals surface area (Å²) < 4.78 is 18.1. The van der Waals surface area contributed by atoms with Gasteiger partial charge in [0, 0.05) is 12.0 Å². The first-order valence-corrected chi connectivity index (χ1v) is 7.10. The Labute approximate surface area is 117 Å². The molecule has 2 heterocycles. The summed E-state index contributed by atoms with van der Waals surface area (Å²) in [4.78, 5) is 4.38. The van der Waals surface area contributed by atoms with Gasteiger partial charge in [-0.05, 0) is 62.5 Å². The number of aromatic nitrogens is 2. The number of nitrogens with one attached hydrogen (secondary N) is 1. The highest BCUT2D eigenvalue weighted by molar-refractivity contribution is 5.52. The van der Waals surface area contributed by atoms with Crippen molar-refractivity contribution in [1.82, 2.24) is 15.5 Å². The number of hydrogen-bond acceptors (Lipinski definition) is 4. The molecule has 1 aromatic heterocycles. The van der Waals surface area contributed by atoms with Gasteiger partial charge in [-0.1, -0.05) is 5.16 Å². The first-order valence-electron chi connectivity index (χ1n) is 7.10. The Morgan fingerprint density at radius 3 is 2.70 bits per heavy atom. The van der Waals surface area contributed by atoms with E-state index < -0.39 is 0 Å². The first kappa shape index (κ1) is 13.2. The molecular weight excluding hydrogens is 257 g/mol. The van der Waals surface area contributed by atoms with E-state index in [0.29, 0.717) is 5.89 Å². The number of halogens is 1. The molecule has 20 heavy (non-hydrogen) atoms. The van der Waals surface area contributed by atoms with E-state index in [1.54, 1.807) is 12.1 Å². The number of rotatable bonds is 4. The standard InChI is InChI=1S/C15H18FN3O/c16-13-4-2-12(3-5-13)15-18-14(19-20-15)6-1-11-7-9-17-10-8-11/h2-5,11,17H,1,6-10H2. The average Bonchev–Trinajstić information content (AvgIpc) is 2.96. The highest BCUT2D eigenvalue weighted by atomic mass is 19.1. The zero-order valence-corrected chi connectivity index (χ0v) is 11.3. The highest BCUT2D eigenvalue weighted by Gasteiger charge is 2.15. The fourth-order valence-corrected chi connectivity index (χ4v) is 2.57. The lowest BCUT2D eigenvalue weighted by Crippen LogP contribution is -2.27. The lowest BCUT2D eigenvalue weighted by molar-refractivity contribution is 0.348. The van der Waals surface area contributed by atoms with Crippen molar-refractivity contribution in [1.29, 1.82) is 0 Å². The number of benzene rings is 1. The van der Waals surface area contributed by atoms with Crippen LogP contribution in [0.4, 0.5) is 4.39 Å². The van der Waals surface area contributed by atoms with Crippen molar-refractivity contribution in [3.63, 3.8) is 0 Å². The van der Waals surface area contributed by atoms with Crippen LogP contribution in [-0.4, -0.2) is 23.2 Å². The summed E-state index contributed by atoms with van der Waals surface area (Å²) in [5, 5.41) is 7.37. The predicted molar refractivity (Wildman–Crippen MR) is 73.6 cm³/mol. The van der Waals surface area contributed by atoms with Crippen molar-refractivity contribution in [2.45, 2.75) is 25.7 Å². The molecule has 0 aliphatic carbocycles. The van der Waals surface area contributed by atoms with E-state index >= 15 is 0 Å². The van der Waals surface area contributed by atoms with Crippen LogP contribution in [0, 0.1) is 11.7 Å². The van der Waals surface area contributed by atoms with Gasteiger partial charge in [0.15, 0.2) is 5.82 Å². The van der Waals surface area contributed by atoms with E-state index in [0.717, 1.165) is 43.2 Å². The third-order valence-corrected chi connectivity index (χ3v) is 3.79. The van der Waals surface area contributed by atoms with Crippen LogP contribution in [0.15, 0.2) is 28.8 Å². The fraction of sp³-hybridized carbons (Fsp3) is 0.467. The van der Waals surface area contributed by atoms with E-state index in [1.807, 2.05) is 0 Å². The number of piperidine rings is 1. The van der Waals surface area contributed by atoms with Crippen molar-refractivity contribution < 1.29 is 8.91 Å². The van der Waals surface area contributed by atoms with E-state index in [-0.39, 0.29) is 5.82 Å². The normalized spacial score (nSPS) is 16.4. The van der Waals surface area contributed by atoms with Gasteiger partial charge < -0.3 is 9.84 Å². The number of hydrogen-bond donors (Lipinski definition) is 1. The van der Waals surface area contributed by atoms with Crippen LogP contribution in [0.25, 0.3) is 11.5 Å². The van der Waals surface area contributed by atoms with Crippen LogP contribution < -0.4 is 5.32 Å². The molecular formula is C15H18FN3O. The Hall–Kier alpha value is -1.75. The number of nitrogens with zero attached hydrogens (tertiary/aromatic N) is 2. The third-order valence-electron chi connectivity index (χ3n) is 3.79. The second-order valence-corrected chi connectivity index (χ2v) is 5.25. The second-order valence-electron chi connectivity index (χ2n) is 5.25. The molecule has 106 valence electrons. The first-order chi connectivity index (χ1) is 9.81. The summed E-state index contributed by atoms with van der Waals surface area (Å²) in [6.07, 6.45) is 4.39. The van der Waals surface area contributed by atoms with Crippen molar-refractivity contribution in [2.24, 2.45) is 5.92 Å². The van der Waals surface area contributed by atoms with Crippen LogP contribution in [0.1, 0.15) is 25.1 Å². The van der Waals surface area contributed by atoms with E-state index in [9.17, 15) is 4.39 Å². The summed E-state index contributed by atoms with van der Waals surface area (Å²) in [6.45, 7) is 2.22. The monoisotopic (exact) mass is 275 g/mol. The van der Waals surface area contributed by atoms with Crippen LogP contribution in [0.3, 0.4) is 0 Å². The third kappa shape index (κ3) is 3.22. The summed E-state index contributed by atoms with van der Waals surface area (Å²) in [5.41, 5.74) is 0.756. The molecule has 4 nitrogen and oxygen atoms in total. The van der Waals surface area contributed by atoms with Crippen molar-refractivity contribution in [3.05, 3.63) is 35.9 Å². The van der Waals surface area contributed by atoms with Crippen molar-refractivity contribution >= 4 is 0 Å². The molecule has 0 amide bonds. The topological polar surface area (TPSA) is 51.0 Å². The molecule has 0 radical (unpaired) electrons. The maximum absolute atomic E-state index is 12.9. The smallest absolute Gasteiger partial charge is 0.257 e. The molecule has 0 atom stereocenters. The molecule has 3 rings (SSSR count). The van der Waals surface area contributed by atoms with E-state index in [1.165, 1.54) is 25.0 Å². The quantitative estimate of drug-likeness (QED) is 0.932. The summed E-state index contributed by atoms with van der Waals surface area (Å²) in [5.74, 6) is 1.69. The van der Waals surface area contributed by atoms with Gasteiger partial charge in [-0.2, -0.15) is 4.98 Å². The van der Waals surface area contributed by atoms with E-state index in [4.69, 9.17) is 4.52 Å². The van der Waals surface area contributed by atoms with Crippen molar-refractivity contribution in [3.8, 4) is 11.5 Å². The second kappa shape index (κ2) is 6.13. The zero-order chi connectivity index (χ0) is 13.8. The lowest BCUT2D eigenvalue weighted by Gasteiger charge is -2.21. The van der Waals surface area contributed by atoms with Crippen LogP contribution >= 0.6 is 0 Å². The molecule has 1 N–H and O–H groups in total. The molecule has 1 fully saturated rings. The zero-order valence-electron chi connectivity index (χ0n) is 11.3. The van der Waals surface area contributed by atoms with Gasteiger partial charge in [-0.25, -0.2) is 4.39 Å². The molecule has 1 aromatic carbocycles. The van der Waals surface area contributed by atoms with Gasteiger partial charge in [0.05, 0.1) is 0 Å². The minimum atomic E-state index is -0.264. The lowest BCUT2D eigenvalue weighted by atomic mass is 9.93. The Morgan fingerprint density at radius 1 is 1.20 bits per heavy atom. The molecule has 1 aliphatic heterocycles. The van der Waals surface area contributed by atoms with Gasteiger partial charge >= 0.3 is 0 Å². The summed E-state index contributed by atoms with van der Waals surface area (Å²) in [6, 6.07) is 6.10. The Balaban J connectivity index is 1.60. The SMILES string of the molecule is Fc1ccc(-c2nc(CCC3CCNCC3)no2)cc1. The molecule has 5 heteroatoms. The van der Waals surface area contributed by atoms with Gasteiger partial charge in [0.1, 0.15) is 5.82 Å². The van der Waals surface area contributed by atoms with Gasteiger partial charge in [0.2, 0.25) is 0 Å². The van der Waals surface area contributed by atoms with Gasteiger partial charge in [0.25, 0.3) is 5.89 Å². The minimum absolute atomic E-state index is 0.264. The maximum atomic E-state index is 12.9. The highest BCUT2D eigenvalue weighted by Crippen LogP contribution is 2.20. The minimum Gasteiger partial charge on any atom is -0.334 e. The summed E-state index contributed by atoms with van der Waals surface area (Å²) >= 11 is 0. The Kier molecular flexibility index (Phi) is 4.06.